The van der Waals surface area contributed by atoms with Crippen LogP contribution in [0.4, 0.5) is 0 Å². The number of aliphatic hydroxyl groups excluding tert-OH is 1. The van der Waals surface area contributed by atoms with Gasteiger partial charge < -0.3 is 40.0 Å². The van der Waals surface area contributed by atoms with Crippen LogP contribution in [-0.2, 0) is 21.7 Å². The fourth-order valence-electron chi connectivity index (χ4n) is 6.53. The number of aromatic hydroxyl groups is 1. The van der Waals surface area contributed by atoms with Crippen LogP contribution in [0.3, 0.4) is 0 Å². The van der Waals surface area contributed by atoms with Crippen molar-refractivity contribution in [1.82, 2.24) is 15.2 Å². The van der Waals surface area contributed by atoms with Crippen LogP contribution in [-0.4, -0.2) is 70.1 Å². The van der Waals surface area contributed by atoms with E-state index in [1.54, 1.807) is 24.3 Å². The van der Waals surface area contributed by atoms with Crippen LogP contribution in [0.15, 0.2) is 88.4 Å². The third-order valence-electron chi connectivity index (χ3n) is 9.37. The van der Waals surface area contributed by atoms with Gasteiger partial charge in [-0.15, -0.1) is 22.7 Å². The molecular weight excluding hydrogens is 675 g/mol. The monoisotopic (exact) mass is 717 g/mol. The summed E-state index contributed by atoms with van der Waals surface area (Å²) < 4.78 is 11.9. The van der Waals surface area contributed by atoms with Crippen LogP contribution in [0.5, 0.6) is 11.5 Å². The summed E-state index contributed by atoms with van der Waals surface area (Å²) in [7, 11) is 2.13. The molecule has 0 aliphatic heterocycles. The number of carbonyl (C=O) groups is 1. The summed E-state index contributed by atoms with van der Waals surface area (Å²) in [6, 6.07) is 21.6. The van der Waals surface area contributed by atoms with Crippen molar-refractivity contribution in [3.63, 3.8) is 0 Å². The number of aromatic nitrogens is 1. The van der Waals surface area contributed by atoms with E-state index in [0.29, 0.717) is 52.0 Å². The number of pyridine rings is 1. The maximum absolute atomic E-state index is 13.3. The molecule has 1 fully saturated rings. The van der Waals surface area contributed by atoms with Crippen LogP contribution < -0.4 is 15.6 Å². The molecule has 50 heavy (non-hydrogen) atoms. The molecular formula is C38H43N3O7S2. The van der Waals surface area contributed by atoms with Crippen LogP contribution in [0.2, 0.25) is 0 Å². The molecule has 0 saturated heterocycles. The molecule has 1 atom stereocenters. The zero-order valence-electron chi connectivity index (χ0n) is 27.9. The fraction of sp³-hybridized carbons (Fsp3) is 0.368. The highest BCUT2D eigenvalue weighted by Crippen LogP contribution is 2.38. The molecule has 12 heteroatoms. The Morgan fingerprint density at radius 2 is 1.70 bits per heavy atom. The molecule has 3 aromatic heterocycles. The molecule has 10 nitrogen and oxygen atoms in total. The first-order chi connectivity index (χ1) is 24.2. The lowest BCUT2D eigenvalue weighted by molar-refractivity contribution is -0.169. The van der Waals surface area contributed by atoms with Gasteiger partial charge in [0, 0.05) is 37.1 Å². The number of thiophene rings is 2. The molecule has 264 valence electrons. The highest BCUT2D eigenvalue weighted by Gasteiger charge is 2.45. The maximum Gasteiger partial charge on any atom is 0.349 e. The summed E-state index contributed by atoms with van der Waals surface area (Å²) in [5, 5.41) is 40.0. The lowest BCUT2D eigenvalue weighted by Crippen LogP contribution is -2.42. The Labute approximate surface area is 298 Å². The Hall–Kier alpha value is -4.04. The third kappa shape index (κ3) is 8.28. The summed E-state index contributed by atoms with van der Waals surface area (Å²) in [5.41, 5.74) is -0.0989. The number of esters is 1. The van der Waals surface area contributed by atoms with Gasteiger partial charge in [0.25, 0.3) is 0 Å². The minimum Gasteiger partial charge on any atom is -0.506 e. The summed E-state index contributed by atoms with van der Waals surface area (Å²) in [5.74, 6) is 0.166. The normalized spacial score (nSPS) is 17.2. The molecule has 1 aliphatic carbocycles. The molecule has 0 spiro atoms. The zero-order chi connectivity index (χ0) is 35.1. The smallest absolute Gasteiger partial charge is 0.349 e. The van der Waals surface area contributed by atoms with Crippen molar-refractivity contribution in [3.05, 3.63) is 115 Å². The number of hydrogen-bond donors (Lipinski definition) is 5. The molecule has 0 radical (unpaired) electrons. The topological polar surface area (TPSA) is 144 Å². The third-order valence-corrected chi connectivity index (χ3v) is 11.3. The number of nitrogens with zero attached hydrogens (tertiary/aromatic N) is 1. The highest BCUT2D eigenvalue weighted by atomic mass is 32.1. The predicted molar refractivity (Wildman–Crippen MR) is 196 cm³/mol. The molecule has 2 aromatic carbocycles. The molecule has 0 unspecified atom stereocenters. The van der Waals surface area contributed by atoms with Gasteiger partial charge in [-0.2, -0.15) is 0 Å². The van der Waals surface area contributed by atoms with E-state index in [1.807, 2.05) is 47.2 Å². The van der Waals surface area contributed by atoms with Gasteiger partial charge >= 0.3 is 5.97 Å². The Balaban J connectivity index is 0.885. The number of carbonyl (C=O) groups excluding carboxylic acids is 1. The Morgan fingerprint density at radius 1 is 1.00 bits per heavy atom. The molecule has 3 heterocycles. The standard InChI is InChI=1S/C38H43N3O7S2/c1-41(26-9-13-28(14-10-26)48-37(45)38(46,33-5-2-21-49-33)34-6-3-22-50-34)19-4-20-47-27-11-7-25(8-12-27)23-39-24-32(43)29-15-17-31(42)36-30(29)16-18-35(44)40-36/h2-3,5-8,11-12,15-18,21-22,26,28,32,39,42-43,46H,4,9-10,13-14,19-20,23-24H2,1H3,(H,40,44)/t26-,28-,32-/m0/s1. The number of aliphatic hydroxyl groups is 2. The first-order valence-electron chi connectivity index (χ1n) is 16.9. The van der Waals surface area contributed by atoms with E-state index in [4.69, 9.17) is 9.47 Å². The second kappa shape index (κ2) is 16.3. The molecule has 6 rings (SSSR count). The van der Waals surface area contributed by atoms with Crippen molar-refractivity contribution in [2.75, 3.05) is 26.7 Å². The molecule has 1 saturated carbocycles. The SMILES string of the molecule is CN(CCCOc1ccc(CNC[C@H](O)c2ccc(O)c3[nH]c(=O)ccc23)cc1)[C@H]1CC[C@H](OC(=O)C(O)(c2cccs2)c2cccs2)CC1. The van der Waals surface area contributed by atoms with Crippen LogP contribution in [0, 0.1) is 0 Å². The van der Waals surface area contributed by atoms with Crippen LogP contribution >= 0.6 is 22.7 Å². The van der Waals surface area contributed by atoms with E-state index in [9.17, 15) is 24.9 Å². The number of phenols is 1. The number of H-pyrrole nitrogens is 1. The number of benzene rings is 2. The van der Waals surface area contributed by atoms with Gasteiger partial charge in [0.2, 0.25) is 11.2 Å². The average Bonchev–Trinajstić information content (AvgIpc) is 3.87. The Kier molecular flexibility index (Phi) is 11.7. The highest BCUT2D eigenvalue weighted by molar-refractivity contribution is 7.12. The number of fused-ring (bicyclic) bond motifs is 1. The van der Waals surface area contributed by atoms with Gasteiger partial charge in [0.1, 0.15) is 17.6 Å². The largest absolute Gasteiger partial charge is 0.506 e. The Bertz CT molecular complexity index is 1850. The Morgan fingerprint density at radius 3 is 2.36 bits per heavy atom. The lowest BCUT2D eigenvalue weighted by atomic mass is 9.91. The lowest BCUT2D eigenvalue weighted by Gasteiger charge is -2.35. The summed E-state index contributed by atoms with van der Waals surface area (Å²) in [6.07, 6.45) is 3.21. The number of rotatable bonds is 15. The van der Waals surface area contributed by atoms with E-state index >= 15 is 0 Å². The minimum atomic E-state index is -1.77. The van der Waals surface area contributed by atoms with E-state index in [0.717, 1.165) is 50.0 Å². The van der Waals surface area contributed by atoms with Crippen molar-refractivity contribution in [2.24, 2.45) is 0 Å². The number of nitrogens with one attached hydrogen (secondary N) is 2. The number of hydrogen-bond acceptors (Lipinski definition) is 11. The molecule has 5 aromatic rings. The second-order valence-corrected chi connectivity index (χ2v) is 14.7. The number of aromatic amines is 1. The van der Waals surface area contributed by atoms with Gasteiger partial charge in [-0.05, 0) is 97.4 Å². The van der Waals surface area contributed by atoms with Gasteiger partial charge in [-0.3, -0.25) is 4.79 Å². The van der Waals surface area contributed by atoms with Crippen molar-refractivity contribution in [2.45, 2.75) is 62.5 Å². The van der Waals surface area contributed by atoms with Crippen molar-refractivity contribution >= 4 is 39.5 Å². The maximum atomic E-state index is 13.3. The van der Waals surface area contributed by atoms with Gasteiger partial charge in [-0.25, -0.2) is 4.79 Å². The van der Waals surface area contributed by atoms with Crippen LogP contribution in [0.25, 0.3) is 10.9 Å². The molecule has 5 N–H and O–H groups in total. The first-order valence-corrected chi connectivity index (χ1v) is 18.7. The van der Waals surface area contributed by atoms with E-state index in [1.165, 1.54) is 34.8 Å². The van der Waals surface area contributed by atoms with E-state index in [2.05, 4.69) is 22.2 Å². The number of ether oxygens (including phenoxy) is 2. The van der Waals surface area contributed by atoms with E-state index < -0.39 is 17.7 Å². The van der Waals surface area contributed by atoms with Crippen molar-refractivity contribution in [3.8, 4) is 11.5 Å². The predicted octanol–water partition coefficient (Wildman–Crippen LogP) is 5.67. The first kappa shape index (κ1) is 35.8. The van der Waals surface area contributed by atoms with Crippen LogP contribution in [0.1, 0.15) is 59.1 Å². The van der Waals surface area contributed by atoms with E-state index in [-0.39, 0.29) is 17.4 Å². The summed E-state index contributed by atoms with van der Waals surface area (Å²) in [4.78, 5) is 31.1. The average molecular weight is 718 g/mol. The zero-order valence-corrected chi connectivity index (χ0v) is 29.6. The fourth-order valence-corrected chi connectivity index (χ4v) is 8.25. The number of phenolic OH excluding ortho intramolecular Hbond substituents is 1. The minimum absolute atomic E-state index is 0.0359. The second-order valence-electron chi connectivity index (χ2n) is 12.8. The summed E-state index contributed by atoms with van der Waals surface area (Å²) >= 11 is 2.70. The molecule has 0 amide bonds. The van der Waals surface area contributed by atoms with Crippen molar-refractivity contribution in [1.29, 1.82) is 0 Å². The molecule has 0 bridgehead atoms. The summed E-state index contributed by atoms with van der Waals surface area (Å²) in [6.45, 7) is 2.34. The molecule has 1 aliphatic rings. The van der Waals surface area contributed by atoms with Gasteiger partial charge in [-0.1, -0.05) is 30.3 Å². The van der Waals surface area contributed by atoms with Gasteiger partial charge in [0.15, 0.2) is 0 Å². The van der Waals surface area contributed by atoms with Crippen molar-refractivity contribution < 1.29 is 29.6 Å². The van der Waals surface area contributed by atoms with Gasteiger partial charge in [0.05, 0.1) is 28.0 Å². The quantitative estimate of drug-likeness (QED) is 0.0684.